The van der Waals surface area contributed by atoms with Crippen LogP contribution in [-0.4, -0.2) is 33.4 Å². The number of nitrogens with zero attached hydrogens (tertiary/aromatic N) is 1. The fourth-order valence-electron chi connectivity index (χ4n) is 2.52. The van der Waals surface area contributed by atoms with Gasteiger partial charge in [-0.05, 0) is 37.4 Å². The second-order valence-electron chi connectivity index (χ2n) is 6.14. The van der Waals surface area contributed by atoms with Gasteiger partial charge in [0.25, 0.3) is 0 Å². The summed E-state index contributed by atoms with van der Waals surface area (Å²) in [6.45, 7) is 13.7. The minimum Gasteiger partial charge on any atom is -0.383 e. The summed E-state index contributed by atoms with van der Waals surface area (Å²) < 4.78 is 5.28. The van der Waals surface area contributed by atoms with E-state index in [9.17, 15) is 0 Å². The molecule has 0 fully saturated rings. The molecule has 0 atom stereocenters. The molecule has 0 saturated heterocycles. The van der Waals surface area contributed by atoms with E-state index in [-0.39, 0.29) is 0 Å². The summed E-state index contributed by atoms with van der Waals surface area (Å²) in [5, 5.41) is 3.53. The zero-order valence-electron chi connectivity index (χ0n) is 14.4. The zero-order chi connectivity index (χ0) is 15.7. The number of ether oxygens (including phenoxy) is 1. The molecule has 0 amide bonds. The molecule has 1 rings (SSSR count). The Kier molecular flexibility index (Phi) is 8.40. The first-order valence-corrected chi connectivity index (χ1v) is 8.12. The van der Waals surface area contributed by atoms with E-state index >= 15 is 0 Å². The predicted molar refractivity (Wildman–Crippen MR) is 92.1 cm³/mol. The molecule has 0 aromatic heterocycles. The van der Waals surface area contributed by atoms with Gasteiger partial charge in [0.15, 0.2) is 0 Å². The lowest BCUT2D eigenvalue weighted by atomic mass is 10.1. The molecule has 1 N–H and O–H groups in total. The monoisotopic (exact) mass is 292 g/mol. The molecule has 0 heterocycles. The van der Waals surface area contributed by atoms with Crippen LogP contribution in [0.4, 0.5) is 5.69 Å². The summed E-state index contributed by atoms with van der Waals surface area (Å²) in [7, 11) is 1.77. The standard InChI is InChI=1S/C18H32N2O/c1-6-9-19-13-17-12-16(4)7-8-18(17)20(10-11-21-5)14-15(2)3/h7-8,12,15,19H,6,9-11,13-14H2,1-5H3. The number of hydrogen-bond donors (Lipinski definition) is 1. The van der Waals surface area contributed by atoms with E-state index in [1.54, 1.807) is 7.11 Å². The van der Waals surface area contributed by atoms with Crippen LogP contribution < -0.4 is 10.2 Å². The summed E-state index contributed by atoms with van der Waals surface area (Å²) in [5.41, 5.74) is 4.05. The predicted octanol–water partition coefficient (Wildman–Crippen LogP) is 3.60. The Bertz CT molecular complexity index is 404. The van der Waals surface area contributed by atoms with E-state index in [4.69, 9.17) is 4.74 Å². The van der Waals surface area contributed by atoms with E-state index in [0.717, 1.165) is 32.8 Å². The van der Waals surface area contributed by atoms with Crippen molar-refractivity contribution in [2.75, 3.05) is 38.3 Å². The molecular formula is C18H32N2O. The summed E-state index contributed by atoms with van der Waals surface area (Å²) in [6.07, 6.45) is 1.17. The van der Waals surface area contributed by atoms with Gasteiger partial charge in [0.2, 0.25) is 0 Å². The van der Waals surface area contributed by atoms with Gasteiger partial charge < -0.3 is 15.0 Å². The molecule has 21 heavy (non-hydrogen) atoms. The lowest BCUT2D eigenvalue weighted by Gasteiger charge is -2.29. The van der Waals surface area contributed by atoms with Crippen molar-refractivity contribution < 1.29 is 4.74 Å². The maximum absolute atomic E-state index is 5.28. The van der Waals surface area contributed by atoms with Crippen molar-refractivity contribution in [3.8, 4) is 0 Å². The molecule has 120 valence electrons. The second kappa shape index (κ2) is 9.80. The van der Waals surface area contributed by atoms with Crippen LogP contribution in [0, 0.1) is 12.8 Å². The van der Waals surface area contributed by atoms with Gasteiger partial charge in [-0.1, -0.05) is 38.5 Å². The second-order valence-corrected chi connectivity index (χ2v) is 6.14. The molecule has 3 nitrogen and oxygen atoms in total. The molecule has 0 radical (unpaired) electrons. The number of benzene rings is 1. The Balaban J connectivity index is 2.92. The van der Waals surface area contributed by atoms with E-state index in [1.165, 1.54) is 23.2 Å². The maximum atomic E-state index is 5.28. The van der Waals surface area contributed by atoms with Gasteiger partial charge in [0.1, 0.15) is 0 Å². The minimum atomic E-state index is 0.639. The van der Waals surface area contributed by atoms with E-state index in [0.29, 0.717) is 5.92 Å². The Morgan fingerprint density at radius 1 is 1.29 bits per heavy atom. The van der Waals surface area contributed by atoms with Crippen molar-refractivity contribution >= 4 is 5.69 Å². The molecule has 0 unspecified atom stereocenters. The van der Waals surface area contributed by atoms with Crippen LogP contribution >= 0.6 is 0 Å². The molecular weight excluding hydrogens is 260 g/mol. The van der Waals surface area contributed by atoms with Crippen LogP contribution in [0.1, 0.15) is 38.3 Å². The smallest absolute Gasteiger partial charge is 0.0637 e. The van der Waals surface area contributed by atoms with Crippen LogP contribution in [0.25, 0.3) is 0 Å². The number of rotatable bonds is 10. The third kappa shape index (κ3) is 6.49. The first-order chi connectivity index (χ1) is 10.1. The Labute approximate surface area is 130 Å². The highest BCUT2D eigenvalue weighted by Gasteiger charge is 2.12. The van der Waals surface area contributed by atoms with Crippen molar-refractivity contribution in [3.05, 3.63) is 29.3 Å². The summed E-state index contributed by atoms with van der Waals surface area (Å²) in [5.74, 6) is 0.639. The van der Waals surface area contributed by atoms with Crippen LogP contribution in [0.5, 0.6) is 0 Å². The van der Waals surface area contributed by atoms with Gasteiger partial charge in [-0.15, -0.1) is 0 Å². The van der Waals surface area contributed by atoms with E-state index < -0.39 is 0 Å². The molecule has 3 heteroatoms. The quantitative estimate of drug-likeness (QED) is 0.667. The minimum absolute atomic E-state index is 0.639. The van der Waals surface area contributed by atoms with Crippen LogP contribution in [-0.2, 0) is 11.3 Å². The molecule has 0 aliphatic heterocycles. The molecule has 1 aromatic carbocycles. The summed E-state index contributed by atoms with van der Waals surface area (Å²) in [4.78, 5) is 2.45. The fraction of sp³-hybridized carbons (Fsp3) is 0.667. The Morgan fingerprint density at radius 3 is 2.67 bits per heavy atom. The number of hydrogen-bond acceptors (Lipinski definition) is 3. The third-order valence-electron chi connectivity index (χ3n) is 3.47. The van der Waals surface area contributed by atoms with Crippen molar-refractivity contribution in [3.63, 3.8) is 0 Å². The van der Waals surface area contributed by atoms with Crippen molar-refractivity contribution in [2.24, 2.45) is 5.92 Å². The van der Waals surface area contributed by atoms with E-state index in [1.807, 2.05) is 0 Å². The molecule has 0 aliphatic rings. The molecule has 0 saturated carbocycles. The van der Waals surface area contributed by atoms with Gasteiger partial charge in [-0.2, -0.15) is 0 Å². The summed E-state index contributed by atoms with van der Waals surface area (Å²) >= 11 is 0. The topological polar surface area (TPSA) is 24.5 Å². The average Bonchev–Trinajstić information content (AvgIpc) is 2.44. The molecule has 1 aromatic rings. The maximum Gasteiger partial charge on any atom is 0.0637 e. The van der Waals surface area contributed by atoms with Crippen LogP contribution in [0.15, 0.2) is 18.2 Å². The van der Waals surface area contributed by atoms with Gasteiger partial charge in [-0.25, -0.2) is 0 Å². The normalized spacial score (nSPS) is 11.1. The average molecular weight is 292 g/mol. The fourth-order valence-corrected chi connectivity index (χ4v) is 2.52. The lowest BCUT2D eigenvalue weighted by molar-refractivity contribution is 0.204. The van der Waals surface area contributed by atoms with Gasteiger partial charge in [-0.3, -0.25) is 0 Å². The Hall–Kier alpha value is -1.06. The van der Waals surface area contributed by atoms with Gasteiger partial charge >= 0.3 is 0 Å². The highest BCUT2D eigenvalue weighted by atomic mass is 16.5. The number of aryl methyl sites for hydroxylation is 1. The first kappa shape index (κ1) is 18.0. The van der Waals surface area contributed by atoms with Crippen LogP contribution in [0.2, 0.25) is 0 Å². The highest BCUT2D eigenvalue weighted by molar-refractivity contribution is 5.55. The number of methoxy groups -OCH3 is 1. The number of nitrogens with one attached hydrogen (secondary N) is 1. The van der Waals surface area contributed by atoms with Crippen molar-refractivity contribution in [1.82, 2.24) is 5.32 Å². The van der Waals surface area contributed by atoms with Crippen molar-refractivity contribution in [1.29, 1.82) is 0 Å². The highest BCUT2D eigenvalue weighted by Crippen LogP contribution is 2.23. The molecule has 0 aliphatic carbocycles. The molecule has 0 bridgehead atoms. The zero-order valence-corrected chi connectivity index (χ0v) is 14.4. The van der Waals surface area contributed by atoms with E-state index in [2.05, 4.69) is 56.1 Å². The SMILES string of the molecule is CCCNCc1cc(C)ccc1N(CCOC)CC(C)C. The van der Waals surface area contributed by atoms with Gasteiger partial charge in [0, 0.05) is 32.4 Å². The third-order valence-corrected chi connectivity index (χ3v) is 3.47. The van der Waals surface area contributed by atoms with Crippen molar-refractivity contribution in [2.45, 2.75) is 40.7 Å². The van der Waals surface area contributed by atoms with Gasteiger partial charge in [0.05, 0.1) is 6.61 Å². The number of anilines is 1. The summed E-state index contributed by atoms with van der Waals surface area (Å²) in [6, 6.07) is 6.77. The molecule has 0 spiro atoms. The Morgan fingerprint density at radius 2 is 2.05 bits per heavy atom. The lowest BCUT2D eigenvalue weighted by Crippen LogP contribution is -2.32. The first-order valence-electron chi connectivity index (χ1n) is 8.12. The van der Waals surface area contributed by atoms with Crippen LogP contribution in [0.3, 0.4) is 0 Å². The largest absolute Gasteiger partial charge is 0.383 e.